The van der Waals surface area contributed by atoms with E-state index in [1.54, 1.807) is 0 Å². The van der Waals surface area contributed by atoms with E-state index in [0.29, 0.717) is 0 Å². The summed E-state index contributed by atoms with van der Waals surface area (Å²) >= 11 is 0. The van der Waals surface area contributed by atoms with Crippen molar-refractivity contribution in [2.75, 3.05) is 27.2 Å². The fourth-order valence-corrected chi connectivity index (χ4v) is 2.37. The van der Waals surface area contributed by atoms with Gasteiger partial charge < -0.3 is 9.64 Å². The fraction of sp³-hybridized carbons (Fsp3) is 0.600. The van der Waals surface area contributed by atoms with Gasteiger partial charge in [-0.3, -0.25) is 0 Å². The van der Waals surface area contributed by atoms with Gasteiger partial charge in [0.05, 0.1) is 6.61 Å². The number of benzene rings is 1. The lowest BCUT2D eigenvalue weighted by atomic mass is 9.92. The van der Waals surface area contributed by atoms with Crippen molar-refractivity contribution in [1.82, 2.24) is 4.90 Å². The SMILES string of the molecule is CN(C)CCCOc1ccc2c(c1)CCCC2. The lowest BCUT2D eigenvalue weighted by Gasteiger charge is -2.17. The molecule has 17 heavy (non-hydrogen) atoms. The van der Waals surface area contributed by atoms with Crippen LogP contribution in [0.1, 0.15) is 30.4 Å². The fourth-order valence-electron chi connectivity index (χ4n) is 2.37. The number of aryl methyl sites for hydroxylation is 2. The smallest absolute Gasteiger partial charge is 0.119 e. The molecule has 0 N–H and O–H groups in total. The van der Waals surface area contributed by atoms with Crippen LogP contribution in [0, 0.1) is 0 Å². The molecule has 1 aliphatic carbocycles. The minimum atomic E-state index is 0.816. The van der Waals surface area contributed by atoms with Crippen LogP contribution in [0.25, 0.3) is 0 Å². The predicted octanol–water partition coefficient (Wildman–Crippen LogP) is 2.90. The van der Waals surface area contributed by atoms with Gasteiger partial charge in [0.2, 0.25) is 0 Å². The largest absolute Gasteiger partial charge is 0.494 e. The normalized spacial score (nSPS) is 14.8. The van der Waals surface area contributed by atoms with Crippen molar-refractivity contribution < 1.29 is 4.74 Å². The Morgan fingerprint density at radius 2 is 1.88 bits per heavy atom. The van der Waals surface area contributed by atoms with Crippen molar-refractivity contribution in [3.8, 4) is 5.75 Å². The van der Waals surface area contributed by atoms with Gasteiger partial charge in [-0.05, 0) is 69.5 Å². The first-order valence-corrected chi connectivity index (χ1v) is 6.65. The highest BCUT2D eigenvalue weighted by Gasteiger charge is 2.09. The molecule has 0 heterocycles. The minimum Gasteiger partial charge on any atom is -0.494 e. The molecule has 0 unspecified atom stereocenters. The Morgan fingerprint density at radius 3 is 2.65 bits per heavy atom. The van der Waals surface area contributed by atoms with Crippen LogP contribution < -0.4 is 4.74 Å². The van der Waals surface area contributed by atoms with Crippen molar-refractivity contribution >= 4 is 0 Å². The van der Waals surface area contributed by atoms with Gasteiger partial charge in [-0.15, -0.1) is 0 Å². The first-order valence-electron chi connectivity index (χ1n) is 6.65. The van der Waals surface area contributed by atoms with E-state index in [9.17, 15) is 0 Å². The van der Waals surface area contributed by atoms with Crippen LogP contribution in [-0.4, -0.2) is 32.1 Å². The van der Waals surface area contributed by atoms with E-state index in [-0.39, 0.29) is 0 Å². The van der Waals surface area contributed by atoms with Gasteiger partial charge in [0.1, 0.15) is 5.75 Å². The number of fused-ring (bicyclic) bond motifs is 1. The summed E-state index contributed by atoms with van der Waals surface area (Å²) < 4.78 is 5.80. The topological polar surface area (TPSA) is 12.5 Å². The summed E-state index contributed by atoms with van der Waals surface area (Å²) in [5.41, 5.74) is 3.03. The minimum absolute atomic E-state index is 0.816. The Hall–Kier alpha value is -1.02. The second kappa shape index (κ2) is 6.06. The Morgan fingerprint density at radius 1 is 1.12 bits per heavy atom. The molecule has 0 atom stereocenters. The Bertz CT molecular complexity index is 360. The first-order chi connectivity index (χ1) is 8.25. The number of rotatable bonds is 5. The lowest BCUT2D eigenvalue weighted by molar-refractivity contribution is 0.281. The molecule has 2 rings (SSSR count). The summed E-state index contributed by atoms with van der Waals surface area (Å²) in [4.78, 5) is 2.19. The molecule has 2 nitrogen and oxygen atoms in total. The highest BCUT2D eigenvalue weighted by molar-refractivity contribution is 5.37. The Kier molecular flexibility index (Phi) is 4.43. The van der Waals surface area contributed by atoms with Crippen LogP contribution in [-0.2, 0) is 12.8 Å². The van der Waals surface area contributed by atoms with Crippen LogP contribution in [0.15, 0.2) is 18.2 Å². The molecule has 0 spiro atoms. The highest BCUT2D eigenvalue weighted by atomic mass is 16.5. The standard InChI is InChI=1S/C15H23NO/c1-16(2)10-5-11-17-15-9-8-13-6-3-4-7-14(13)12-15/h8-9,12H,3-7,10-11H2,1-2H3. The molecule has 1 aromatic carbocycles. The average Bonchev–Trinajstić information content (AvgIpc) is 2.34. The molecule has 0 saturated heterocycles. The van der Waals surface area contributed by atoms with Gasteiger partial charge in [-0.1, -0.05) is 6.07 Å². The van der Waals surface area contributed by atoms with Gasteiger partial charge >= 0.3 is 0 Å². The van der Waals surface area contributed by atoms with Crippen molar-refractivity contribution in [2.24, 2.45) is 0 Å². The quantitative estimate of drug-likeness (QED) is 0.725. The number of ether oxygens (including phenoxy) is 1. The second-order valence-electron chi connectivity index (χ2n) is 5.14. The molecular weight excluding hydrogens is 210 g/mol. The monoisotopic (exact) mass is 233 g/mol. The van der Waals surface area contributed by atoms with Gasteiger partial charge in [-0.25, -0.2) is 0 Å². The number of hydrogen-bond donors (Lipinski definition) is 0. The molecule has 0 fully saturated rings. The maximum Gasteiger partial charge on any atom is 0.119 e. The molecule has 1 aromatic rings. The maximum absolute atomic E-state index is 5.80. The molecule has 0 radical (unpaired) electrons. The summed E-state index contributed by atoms with van der Waals surface area (Å²) in [7, 11) is 4.19. The van der Waals surface area contributed by atoms with Crippen LogP contribution in [0.2, 0.25) is 0 Å². The van der Waals surface area contributed by atoms with Gasteiger partial charge in [0.15, 0.2) is 0 Å². The molecule has 0 aromatic heterocycles. The molecule has 0 aliphatic heterocycles. The van der Waals surface area contributed by atoms with E-state index in [2.05, 4.69) is 37.2 Å². The van der Waals surface area contributed by atoms with Crippen LogP contribution in [0.4, 0.5) is 0 Å². The van der Waals surface area contributed by atoms with Crippen LogP contribution in [0.5, 0.6) is 5.75 Å². The zero-order chi connectivity index (χ0) is 12.1. The summed E-state index contributed by atoms with van der Waals surface area (Å²) in [6.45, 7) is 1.90. The van der Waals surface area contributed by atoms with Crippen molar-refractivity contribution in [3.63, 3.8) is 0 Å². The van der Waals surface area contributed by atoms with Crippen molar-refractivity contribution in [1.29, 1.82) is 0 Å². The molecule has 1 aliphatic rings. The van der Waals surface area contributed by atoms with E-state index >= 15 is 0 Å². The van der Waals surface area contributed by atoms with E-state index in [4.69, 9.17) is 4.74 Å². The van der Waals surface area contributed by atoms with E-state index in [0.717, 1.165) is 25.3 Å². The van der Waals surface area contributed by atoms with Crippen LogP contribution in [0.3, 0.4) is 0 Å². The maximum atomic E-state index is 5.80. The molecule has 2 heteroatoms. The summed E-state index contributed by atoms with van der Waals surface area (Å²) in [6, 6.07) is 6.61. The predicted molar refractivity (Wildman–Crippen MR) is 71.8 cm³/mol. The van der Waals surface area contributed by atoms with Gasteiger partial charge in [0, 0.05) is 6.54 Å². The van der Waals surface area contributed by atoms with Gasteiger partial charge in [-0.2, -0.15) is 0 Å². The first kappa shape index (κ1) is 12.4. The molecule has 0 amide bonds. The third kappa shape index (κ3) is 3.74. The van der Waals surface area contributed by atoms with E-state index in [1.807, 2.05) is 0 Å². The van der Waals surface area contributed by atoms with E-state index in [1.165, 1.54) is 36.8 Å². The summed E-state index contributed by atoms with van der Waals surface area (Å²) in [6.07, 6.45) is 6.23. The summed E-state index contributed by atoms with van der Waals surface area (Å²) in [5.74, 6) is 1.05. The zero-order valence-electron chi connectivity index (χ0n) is 11.0. The van der Waals surface area contributed by atoms with Crippen molar-refractivity contribution in [2.45, 2.75) is 32.1 Å². The molecule has 94 valence electrons. The Balaban J connectivity index is 1.85. The van der Waals surface area contributed by atoms with Crippen LogP contribution >= 0.6 is 0 Å². The number of hydrogen-bond acceptors (Lipinski definition) is 2. The number of nitrogens with zero attached hydrogens (tertiary/aromatic N) is 1. The van der Waals surface area contributed by atoms with Gasteiger partial charge in [0.25, 0.3) is 0 Å². The third-order valence-electron chi connectivity index (χ3n) is 3.34. The Labute approximate surface area is 105 Å². The highest BCUT2D eigenvalue weighted by Crippen LogP contribution is 2.25. The summed E-state index contributed by atoms with van der Waals surface area (Å²) in [5, 5.41) is 0. The average molecular weight is 233 g/mol. The second-order valence-corrected chi connectivity index (χ2v) is 5.14. The lowest BCUT2D eigenvalue weighted by Crippen LogP contribution is -2.15. The molecule has 0 saturated carbocycles. The van der Waals surface area contributed by atoms with Crippen molar-refractivity contribution in [3.05, 3.63) is 29.3 Å². The van der Waals surface area contributed by atoms with E-state index < -0.39 is 0 Å². The molecular formula is C15H23NO. The molecule has 0 bridgehead atoms. The third-order valence-corrected chi connectivity index (χ3v) is 3.34. The zero-order valence-corrected chi connectivity index (χ0v) is 11.0.